The highest BCUT2D eigenvalue weighted by Crippen LogP contribution is 2.32. The molecule has 1 nitrogen and oxygen atoms in total. The van der Waals surface area contributed by atoms with Crippen LogP contribution >= 0.6 is 15.9 Å². The highest BCUT2D eigenvalue weighted by atomic mass is 79.9. The average Bonchev–Trinajstić information content (AvgIpc) is 2.54. The SMILES string of the molecule is Cc1cc(C)c(C2CCCN2)c(Br)c1. The molecule has 0 amide bonds. The minimum atomic E-state index is 0.560. The molecule has 2 rings (SSSR count). The summed E-state index contributed by atoms with van der Waals surface area (Å²) >= 11 is 3.67. The van der Waals surface area contributed by atoms with Gasteiger partial charge in [-0.25, -0.2) is 0 Å². The summed E-state index contributed by atoms with van der Waals surface area (Å²) in [4.78, 5) is 0. The lowest BCUT2D eigenvalue weighted by molar-refractivity contribution is 0.640. The van der Waals surface area contributed by atoms with Gasteiger partial charge in [0.05, 0.1) is 0 Å². The predicted molar refractivity (Wildman–Crippen MR) is 63.6 cm³/mol. The lowest BCUT2D eigenvalue weighted by Crippen LogP contribution is -2.14. The second-order valence-electron chi connectivity index (χ2n) is 4.13. The van der Waals surface area contributed by atoms with Crippen LogP contribution in [0.1, 0.15) is 35.6 Å². The van der Waals surface area contributed by atoms with Crippen molar-refractivity contribution < 1.29 is 0 Å². The first-order valence-corrected chi connectivity index (χ1v) is 5.98. The summed E-state index contributed by atoms with van der Waals surface area (Å²) in [6.07, 6.45) is 2.56. The number of benzene rings is 1. The van der Waals surface area contributed by atoms with Gasteiger partial charge in [-0.15, -0.1) is 0 Å². The van der Waals surface area contributed by atoms with Crippen LogP contribution in [0.15, 0.2) is 16.6 Å². The van der Waals surface area contributed by atoms with E-state index in [1.807, 2.05) is 0 Å². The number of nitrogens with one attached hydrogen (secondary N) is 1. The maximum atomic E-state index is 3.67. The van der Waals surface area contributed by atoms with Crippen molar-refractivity contribution in [2.45, 2.75) is 32.7 Å². The molecule has 2 heteroatoms. The molecule has 0 aliphatic carbocycles. The lowest BCUT2D eigenvalue weighted by atomic mass is 9.98. The molecule has 0 saturated carbocycles. The third kappa shape index (κ3) is 1.86. The van der Waals surface area contributed by atoms with Gasteiger partial charge in [-0.3, -0.25) is 0 Å². The highest BCUT2D eigenvalue weighted by molar-refractivity contribution is 9.10. The molecule has 76 valence electrons. The Morgan fingerprint density at radius 2 is 2.14 bits per heavy atom. The summed E-state index contributed by atoms with van der Waals surface area (Å²) in [5.74, 6) is 0. The monoisotopic (exact) mass is 253 g/mol. The van der Waals surface area contributed by atoms with Gasteiger partial charge in [-0.1, -0.05) is 22.0 Å². The topological polar surface area (TPSA) is 12.0 Å². The van der Waals surface area contributed by atoms with Gasteiger partial charge in [0.15, 0.2) is 0 Å². The molecular formula is C12H16BrN. The van der Waals surface area contributed by atoms with E-state index in [-0.39, 0.29) is 0 Å². The Hall–Kier alpha value is -0.340. The zero-order valence-electron chi connectivity index (χ0n) is 8.73. The van der Waals surface area contributed by atoms with E-state index < -0.39 is 0 Å². The van der Waals surface area contributed by atoms with Crippen LogP contribution in [0.3, 0.4) is 0 Å². The molecule has 1 heterocycles. The summed E-state index contributed by atoms with van der Waals surface area (Å²) in [5.41, 5.74) is 4.18. The van der Waals surface area contributed by atoms with Crippen LogP contribution in [0.5, 0.6) is 0 Å². The van der Waals surface area contributed by atoms with E-state index in [1.165, 1.54) is 34.0 Å². The Morgan fingerprint density at radius 1 is 1.36 bits per heavy atom. The second-order valence-corrected chi connectivity index (χ2v) is 4.98. The molecular weight excluding hydrogens is 238 g/mol. The summed E-state index contributed by atoms with van der Waals surface area (Å²) in [6, 6.07) is 5.03. The van der Waals surface area contributed by atoms with Crippen LogP contribution in [-0.4, -0.2) is 6.54 Å². The normalized spacial score (nSPS) is 21.5. The largest absolute Gasteiger partial charge is 0.310 e. The number of aryl methyl sites for hydroxylation is 2. The van der Waals surface area contributed by atoms with Gasteiger partial charge >= 0.3 is 0 Å². The van der Waals surface area contributed by atoms with Crippen molar-refractivity contribution in [2.24, 2.45) is 0 Å². The molecule has 0 radical (unpaired) electrons. The summed E-state index contributed by atoms with van der Waals surface area (Å²) in [7, 11) is 0. The van der Waals surface area contributed by atoms with Crippen molar-refractivity contribution in [1.29, 1.82) is 0 Å². The van der Waals surface area contributed by atoms with Crippen molar-refractivity contribution in [2.75, 3.05) is 6.54 Å². The molecule has 1 saturated heterocycles. The minimum absolute atomic E-state index is 0.560. The molecule has 0 spiro atoms. The van der Waals surface area contributed by atoms with Gasteiger partial charge in [-0.2, -0.15) is 0 Å². The van der Waals surface area contributed by atoms with E-state index in [0.717, 1.165) is 6.54 Å². The van der Waals surface area contributed by atoms with Gasteiger partial charge < -0.3 is 5.32 Å². The molecule has 0 aromatic heterocycles. The fourth-order valence-electron chi connectivity index (χ4n) is 2.30. The fraction of sp³-hybridized carbons (Fsp3) is 0.500. The summed E-state index contributed by atoms with van der Waals surface area (Å²) in [5, 5.41) is 3.54. The summed E-state index contributed by atoms with van der Waals surface area (Å²) < 4.78 is 1.26. The van der Waals surface area contributed by atoms with E-state index in [1.54, 1.807) is 0 Å². The van der Waals surface area contributed by atoms with Crippen LogP contribution in [0, 0.1) is 13.8 Å². The van der Waals surface area contributed by atoms with Crippen LogP contribution < -0.4 is 5.32 Å². The van der Waals surface area contributed by atoms with Crippen molar-refractivity contribution in [3.8, 4) is 0 Å². The van der Waals surface area contributed by atoms with Crippen molar-refractivity contribution in [3.05, 3.63) is 33.3 Å². The summed E-state index contributed by atoms with van der Waals surface area (Å²) in [6.45, 7) is 5.50. The Balaban J connectivity index is 2.40. The molecule has 1 fully saturated rings. The molecule has 0 bridgehead atoms. The lowest BCUT2D eigenvalue weighted by Gasteiger charge is -2.16. The van der Waals surface area contributed by atoms with Crippen LogP contribution in [0.4, 0.5) is 0 Å². The number of hydrogen-bond acceptors (Lipinski definition) is 1. The molecule has 14 heavy (non-hydrogen) atoms. The maximum Gasteiger partial charge on any atom is 0.0334 e. The van der Waals surface area contributed by atoms with Crippen molar-refractivity contribution in [1.82, 2.24) is 5.32 Å². The van der Waals surface area contributed by atoms with Crippen molar-refractivity contribution in [3.63, 3.8) is 0 Å². The van der Waals surface area contributed by atoms with Crippen LogP contribution in [0.2, 0.25) is 0 Å². The third-order valence-corrected chi connectivity index (χ3v) is 3.55. The Morgan fingerprint density at radius 3 is 2.71 bits per heavy atom. The predicted octanol–water partition coefficient (Wildman–Crippen LogP) is 3.49. The van der Waals surface area contributed by atoms with Gasteiger partial charge in [-0.05, 0) is 56.0 Å². The number of halogens is 1. The van der Waals surface area contributed by atoms with Crippen LogP contribution in [0.25, 0.3) is 0 Å². The maximum absolute atomic E-state index is 3.67. The highest BCUT2D eigenvalue weighted by Gasteiger charge is 2.20. The third-order valence-electron chi connectivity index (χ3n) is 2.89. The van der Waals surface area contributed by atoms with E-state index in [4.69, 9.17) is 0 Å². The Bertz CT molecular complexity index is 317. The molecule has 1 unspecified atom stereocenters. The zero-order valence-corrected chi connectivity index (χ0v) is 10.3. The van der Waals surface area contributed by atoms with Crippen molar-refractivity contribution >= 4 is 15.9 Å². The smallest absolute Gasteiger partial charge is 0.0334 e. The molecule has 1 aliphatic heterocycles. The van der Waals surface area contributed by atoms with E-state index >= 15 is 0 Å². The fourth-order valence-corrected chi connectivity index (χ4v) is 3.25. The molecule has 1 aromatic rings. The first-order valence-electron chi connectivity index (χ1n) is 5.18. The Kier molecular flexibility index (Phi) is 2.93. The average molecular weight is 254 g/mol. The quantitative estimate of drug-likeness (QED) is 0.808. The van der Waals surface area contributed by atoms with Gasteiger partial charge in [0.25, 0.3) is 0 Å². The standard InChI is InChI=1S/C12H16BrN/c1-8-6-9(2)12(10(13)7-8)11-4-3-5-14-11/h6-7,11,14H,3-5H2,1-2H3. The first-order chi connectivity index (χ1) is 6.68. The molecule has 1 N–H and O–H groups in total. The molecule has 1 atom stereocenters. The van der Waals surface area contributed by atoms with Gasteiger partial charge in [0, 0.05) is 10.5 Å². The first kappa shape index (κ1) is 10.2. The minimum Gasteiger partial charge on any atom is -0.310 e. The van der Waals surface area contributed by atoms with Crippen LogP contribution in [-0.2, 0) is 0 Å². The number of rotatable bonds is 1. The van der Waals surface area contributed by atoms with Gasteiger partial charge in [0.2, 0.25) is 0 Å². The zero-order chi connectivity index (χ0) is 10.1. The Labute approximate surface area is 94.0 Å². The molecule has 1 aliphatic rings. The van der Waals surface area contributed by atoms with E-state index in [9.17, 15) is 0 Å². The number of hydrogen-bond donors (Lipinski definition) is 1. The van der Waals surface area contributed by atoms with E-state index in [2.05, 4.69) is 47.2 Å². The second kappa shape index (κ2) is 4.03. The molecule has 1 aromatic carbocycles. The van der Waals surface area contributed by atoms with E-state index in [0.29, 0.717) is 6.04 Å². The van der Waals surface area contributed by atoms with Gasteiger partial charge in [0.1, 0.15) is 0 Å².